The van der Waals surface area contributed by atoms with Crippen LogP contribution in [0.3, 0.4) is 0 Å². The van der Waals surface area contributed by atoms with Crippen LogP contribution in [0.5, 0.6) is 0 Å². The van der Waals surface area contributed by atoms with Gasteiger partial charge in [-0.2, -0.15) is 0 Å². The summed E-state index contributed by atoms with van der Waals surface area (Å²) < 4.78 is 1.97. The third-order valence-corrected chi connectivity index (χ3v) is 2.34. The molecule has 0 atom stereocenters. The lowest BCUT2D eigenvalue weighted by Crippen LogP contribution is -2.05. The van der Waals surface area contributed by atoms with E-state index in [4.69, 9.17) is 5.73 Å². The van der Waals surface area contributed by atoms with Crippen LogP contribution >= 0.6 is 0 Å². The van der Waals surface area contributed by atoms with Gasteiger partial charge in [0.15, 0.2) is 0 Å². The molecule has 5 heteroatoms. The molecule has 0 unspecified atom stereocenters. The first-order valence-corrected chi connectivity index (χ1v) is 4.71. The summed E-state index contributed by atoms with van der Waals surface area (Å²) in [7, 11) is 1.96. The minimum Gasteiger partial charge on any atom is -0.368 e. The number of hydrogen-bond donors (Lipinski definition) is 1. The molecular weight excluding hydrogens is 190 g/mol. The third-order valence-electron chi connectivity index (χ3n) is 2.34. The van der Waals surface area contributed by atoms with E-state index in [2.05, 4.69) is 15.0 Å². The van der Waals surface area contributed by atoms with Gasteiger partial charge >= 0.3 is 0 Å². The van der Waals surface area contributed by atoms with Crippen LogP contribution in [-0.2, 0) is 13.5 Å². The standard InChI is InChI=1S/C10H13N5/c1-7-6-13-10(11)14-8(7)5-9-12-3-4-15(9)2/h3-4,6H,5H2,1-2H3,(H2,11,13,14). The van der Waals surface area contributed by atoms with Crippen molar-refractivity contribution in [3.63, 3.8) is 0 Å². The molecular formula is C10H13N5. The van der Waals surface area contributed by atoms with E-state index >= 15 is 0 Å². The molecule has 0 aliphatic carbocycles. The Hall–Kier alpha value is -1.91. The predicted octanol–water partition coefficient (Wildman–Crippen LogP) is 0.692. The summed E-state index contributed by atoms with van der Waals surface area (Å²) in [6, 6.07) is 0. The third kappa shape index (κ3) is 1.96. The lowest BCUT2D eigenvalue weighted by Gasteiger charge is -2.05. The predicted molar refractivity (Wildman–Crippen MR) is 57.2 cm³/mol. The SMILES string of the molecule is Cc1cnc(N)nc1Cc1nccn1C. The molecule has 2 heterocycles. The Morgan fingerprint density at radius 3 is 2.87 bits per heavy atom. The smallest absolute Gasteiger partial charge is 0.220 e. The van der Waals surface area contributed by atoms with Gasteiger partial charge in [0, 0.05) is 32.1 Å². The number of nitrogen functional groups attached to an aromatic ring is 1. The second-order valence-corrected chi connectivity index (χ2v) is 3.49. The van der Waals surface area contributed by atoms with Crippen LogP contribution < -0.4 is 5.73 Å². The van der Waals surface area contributed by atoms with Gasteiger partial charge in [0.05, 0.1) is 5.69 Å². The fourth-order valence-corrected chi connectivity index (χ4v) is 1.39. The molecule has 2 rings (SSSR count). The van der Waals surface area contributed by atoms with Crippen molar-refractivity contribution in [1.29, 1.82) is 0 Å². The van der Waals surface area contributed by atoms with Gasteiger partial charge in [-0.15, -0.1) is 0 Å². The molecule has 0 amide bonds. The highest BCUT2D eigenvalue weighted by atomic mass is 15.0. The maximum Gasteiger partial charge on any atom is 0.220 e. The minimum absolute atomic E-state index is 0.310. The van der Waals surface area contributed by atoms with Crippen molar-refractivity contribution in [2.75, 3.05) is 5.73 Å². The highest BCUT2D eigenvalue weighted by molar-refractivity contribution is 5.26. The van der Waals surface area contributed by atoms with E-state index in [1.807, 2.05) is 24.7 Å². The summed E-state index contributed by atoms with van der Waals surface area (Å²) in [5, 5.41) is 0. The van der Waals surface area contributed by atoms with Crippen molar-refractivity contribution in [2.24, 2.45) is 7.05 Å². The molecule has 2 aromatic rings. The quantitative estimate of drug-likeness (QED) is 0.779. The molecule has 2 N–H and O–H groups in total. The second-order valence-electron chi connectivity index (χ2n) is 3.49. The zero-order chi connectivity index (χ0) is 10.8. The first-order valence-electron chi connectivity index (χ1n) is 4.71. The number of anilines is 1. The number of aryl methyl sites for hydroxylation is 2. The Bertz CT molecular complexity index is 474. The summed E-state index contributed by atoms with van der Waals surface area (Å²) in [6.07, 6.45) is 6.10. The van der Waals surface area contributed by atoms with E-state index in [-0.39, 0.29) is 0 Å². The lowest BCUT2D eigenvalue weighted by molar-refractivity contribution is 0.806. The maximum atomic E-state index is 5.55. The molecule has 2 aromatic heterocycles. The van der Waals surface area contributed by atoms with Crippen LogP contribution in [0, 0.1) is 6.92 Å². The summed E-state index contributed by atoms with van der Waals surface area (Å²) in [5.41, 5.74) is 7.51. The van der Waals surface area contributed by atoms with E-state index in [1.165, 1.54) is 0 Å². The Kier molecular flexibility index (Phi) is 2.37. The van der Waals surface area contributed by atoms with Gasteiger partial charge < -0.3 is 10.3 Å². The first-order chi connectivity index (χ1) is 7.16. The number of hydrogen-bond acceptors (Lipinski definition) is 4. The van der Waals surface area contributed by atoms with Crippen LogP contribution in [0.2, 0.25) is 0 Å². The van der Waals surface area contributed by atoms with Gasteiger partial charge in [-0.25, -0.2) is 15.0 Å². The van der Waals surface area contributed by atoms with Gasteiger partial charge in [-0.05, 0) is 12.5 Å². The molecule has 0 saturated carbocycles. The van der Waals surface area contributed by atoms with E-state index in [0.717, 1.165) is 17.1 Å². The lowest BCUT2D eigenvalue weighted by atomic mass is 10.2. The number of imidazole rings is 1. The largest absolute Gasteiger partial charge is 0.368 e. The van der Waals surface area contributed by atoms with Crippen LogP contribution in [0.1, 0.15) is 17.1 Å². The first kappa shape index (κ1) is 9.64. The Balaban J connectivity index is 2.32. The van der Waals surface area contributed by atoms with Gasteiger partial charge in [0.25, 0.3) is 0 Å². The molecule has 0 radical (unpaired) electrons. The van der Waals surface area contributed by atoms with Crippen molar-refractivity contribution < 1.29 is 0 Å². The van der Waals surface area contributed by atoms with E-state index in [1.54, 1.807) is 12.4 Å². The zero-order valence-electron chi connectivity index (χ0n) is 8.81. The van der Waals surface area contributed by atoms with E-state index < -0.39 is 0 Å². The summed E-state index contributed by atoms with van der Waals surface area (Å²) in [5.74, 6) is 1.28. The molecule has 78 valence electrons. The molecule has 0 aromatic carbocycles. The fraction of sp³-hybridized carbons (Fsp3) is 0.300. The summed E-state index contributed by atoms with van der Waals surface area (Å²) in [4.78, 5) is 12.4. The maximum absolute atomic E-state index is 5.55. The molecule has 0 aliphatic rings. The Morgan fingerprint density at radius 2 is 2.20 bits per heavy atom. The summed E-state index contributed by atoms with van der Waals surface area (Å²) in [6.45, 7) is 1.97. The van der Waals surface area contributed by atoms with Gasteiger partial charge in [-0.3, -0.25) is 0 Å². The van der Waals surface area contributed by atoms with Crippen LogP contribution in [-0.4, -0.2) is 19.5 Å². The molecule has 0 aliphatic heterocycles. The average molecular weight is 203 g/mol. The molecule has 0 spiro atoms. The zero-order valence-corrected chi connectivity index (χ0v) is 8.81. The summed E-state index contributed by atoms with van der Waals surface area (Å²) >= 11 is 0. The Labute approximate surface area is 88.0 Å². The molecule has 5 nitrogen and oxygen atoms in total. The molecule has 0 fully saturated rings. The van der Waals surface area contributed by atoms with Gasteiger partial charge in [0.1, 0.15) is 5.82 Å². The molecule has 15 heavy (non-hydrogen) atoms. The monoisotopic (exact) mass is 203 g/mol. The second kappa shape index (κ2) is 3.68. The average Bonchev–Trinajstić information content (AvgIpc) is 2.58. The Morgan fingerprint density at radius 1 is 1.40 bits per heavy atom. The number of aromatic nitrogens is 4. The van der Waals surface area contributed by atoms with Gasteiger partial charge in [0.2, 0.25) is 5.95 Å². The van der Waals surface area contributed by atoms with E-state index in [0.29, 0.717) is 12.4 Å². The minimum atomic E-state index is 0.310. The topological polar surface area (TPSA) is 69.6 Å². The van der Waals surface area contributed by atoms with Crippen molar-refractivity contribution in [2.45, 2.75) is 13.3 Å². The highest BCUT2D eigenvalue weighted by Gasteiger charge is 2.06. The van der Waals surface area contributed by atoms with Crippen LogP contribution in [0.25, 0.3) is 0 Å². The van der Waals surface area contributed by atoms with Crippen molar-refractivity contribution >= 4 is 5.95 Å². The fourth-order valence-electron chi connectivity index (χ4n) is 1.39. The normalized spacial score (nSPS) is 10.5. The molecule has 0 bridgehead atoms. The number of nitrogens with two attached hydrogens (primary N) is 1. The highest BCUT2D eigenvalue weighted by Crippen LogP contribution is 2.09. The van der Waals surface area contributed by atoms with Crippen molar-refractivity contribution in [3.8, 4) is 0 Å². The van der Waals surface area contributed by atoms with E-state index in [9.17, 15) is 0 Å². The van der Waals surface area contributed by atoms with Crippen LogP contribution in [0.4, 0.5) is 5.95 Å². The van der Waals surface area contributed by atoms with Gasteiger partial charge in [-0.1, -0.05) is 0 Å². The van der Waals surface area contributed by atoms with Crippen molar-refractivity contribution in [1.82, 2.24) is 19.5 Å². The number of nitrogens with zero attached hydrogens (tertiary/aromatic N) is 4. The number of rotatable bonds is 2. The van der Waals surface area contributed by atoms with Crippen LogP contribution in [0.15, 0.2) is 18.6 Å². The van der Waals surface area contributed by atoms with Crippen molar-refractivity contribution in [3.05, 3.63) is 35.7 Å². The molecule has 0 saturated heterocycles.